The molecule has 2 amide bonds. The van der Waals surface area contributed by atoms with Gasteiger partial charge in [-0.1, -0.05) is 48.0 Å². The minimum atomic E-state index is -0.389. The first kappa shape index (κ1) is 16.1. The van der Waals surface area contributed by atoms with E-state index in [1.165, 1.54) is 6.08 Å². The van der Waals surface area contributed by atoms with E-state index in [1.54, 1.807) is 18.2 Å². The fourth-order valence-electron chi connectivity index (χ4n) is 2.41. The van der Waals surface area contributed by atoms with Crippen molar-refractivity contribution in [3.05, 3.63) is 76.8 Å². The van der Waals surface area contributed by atoms with Gasteiger partial charge in [-0.3, -0.25) is 9.59 Å². The van der Waals surface area contributed by atoms with Gasteiger partial charge in [0.1, 0.15) is 6.04 Å². The lowest BCUT2D eigenvalue weighted by Crippen LogP contribution is -2.16. The van der Waals surface area contributed by atoms with Crippen LogP contribution in [0.2, 0.25) is 5.02 Å². The van der Waals surface area contributed by atoms with E-state index in [1.807, 2.05) is 36.4 Å². The van der Waals surface area contributed by atoms with E-state index in [2.05, 4.69) is 15.5 Å². The zero-order chi connectivity index (χ0) is 16.9. The molecular formula is C18H14ClN3O2. The number of amides is 2. The molecule has 120 valence electrons. The van der Waals surface area contributed by atoms with E-state index in [9.17, 15) is 9.59 Å². The summed E-state index contributed by atoms with van der Waals surface area (Å²) in [4.78, 5) is 23.4. The molecule has 0 saturated carbocycles. The average Bonchev–Trinajstić information content (AvgIpc) is 2.58. The van der Waals surface area contributed by atoms with Crippen LogP contribution < -0.4 is 5.32 Å². The third-order valence-corrected chi connectivity index (χ3v) is 3.93. The number of nitrogens with one attached hydrogen (secondary N) is 1. The smallest absolute Gasteiger partial charge is 0.287 e. The number of carbonyl (C=O) groups is 2. The maximum Gasteiger partial charge on any atom is 0.287 e. The highest BCUT2D eigenvalue weighted by molar-refractivity contribution is 6.31. The first-order chi connectivity index (χ1) is 11.6. The van der Waals surface area contributed by atoms with Crippen molar-refractivity contribution in [2.24, 2.45) is 10.2 Å². The molecule has 1 atom stereocenters. The topological polar surface area (TPSA) is 70.9 Å². The van der Waals surface area contributed by atoms with Gasteiger partial charge in [0.15, 0.2) is 0 Å². The Morgan fingerprint density at radius 1 is 1.12 bits per heavy atom. The van der Waals surface area contributed by atoms with Gasteiger partial charge >= 0.3 is 0 Å². The van der Waals surface area contributed by atoms with Gasteiger partial charge in [0.05, 0.1) is 6.42 Å². The van der Waals surface area contributed by atoms with E-state index in [4.69, 9.17) is 11.6 Å². The first-order valence-corrected chi connectivity index (χ1v) is 7.76. The highest BCUT2D eigenvalue weighted by atomic mass is 35.5. The second-order valence-electron chi connectivity index (χ2n) is 5.26. The molecule has 0 saturated heterocycles. The first-order valence-electron chi connectivity index (χ1n) is 7.38. The molecule has 0 fully saturated rings. The molecule has 24 heavy (non-hydrogen) atoms. The number of rotatable bonds is 4. The summed E-state index contributed by atoms with van der Waals surface area (Å²) in [6, 6.07) is 14.1. The van der Waals surface area contributed by atoms with E-state index < -0.39 is 0 Å². The van der Waals surface area contributed by atoms with Gasteiger partial charge in [0, 0.05) is 22.3 Å². The van der Waals surface area contributed by atoms with Crippen LogP contribution in [0.4, 0.5) is 5.69 Å². The fraction of sp³-hybridized carbons (Fsp3) is 0.111. The van der Waals surface area contributed by atoms with Crippen LogP contribution in [0, 0.1) is 0 Å². The van der Waals surface area contributed by atoms with E-state index in [0.717, 1.165) is 11.1 Å². The third kappa shape index (κ3) is 3.75. The zero-order valence-corrected chi connectivity index (χ0v) is 13.4. The second kappa shape index (κ2) is 7.19. The Hall–Kier alpha value is -2.79. The number of hydrogen-bond acceptors (Lipinski definition) is 3. The van der Waals surface area contributed by atoms with Crippen molar-refractivity contribution < 1.29 is 9.59 Å². The summed E-state index contributed by atoms with van der Waals surface area (Å²) < 4.78 is 0. The molecule has 2 aromatic rings. The molecule has 1 aliphatic heterocycles. The summed E-state index contributed by atoms with van der Waals surface area (Å²) in [5, 5.41) is 11.0. The number of para-hydroxylation sites is 1. The van der Waals surface area contributed by atoms with Crippen LogP contribution in [0.3, 0.4) is 0 Å². The molecule has 0 spiro atoms. The number of carbonyl (C=O) groups excluding carboxylic acids is 2. The highest BCUT2D eigenvalue weighted by Gasteiger charge is 2.17. The molecule has 0 aromatic heterocycles. The van der Waals surface area contributed by atoms with Gasteiger partial charge < -0.3 is 5.32 Å². The molecule has 0 aliphatic carbocycles. The van der Waals surface area contributed by atoms with E-state index in [0.29, 0.717) is 10.7 Å². The number of benzene rings is 2. The van der Waals surface area contributed by atoms with E-state index >= 15 is 0 Å². The van der Waals surface area contributed by atoms with Crippen LogP contribution in [0.25, 0.3) is 0 Å². The summed E-state index contributed by atoms with van der Waals surface area (Å²) in [7, 11) is 0. The van der Waals surface area contributed by atoms with Gasteiger partial charge in [0.2, 0.25) is 5.91 Å². The van der Waals surface area contributed by atoms with Gasteiger partial charge in [-0.05, 0) is 23.8 Å². The zero-order valence-electron chi connectivity index (χ0n) is 12.6. The predicted molar refractivity (Wildman–Crippen MR) is 92.0 cm³/mol. The Kier molecular flexibility index (Phi) is 4.82. The van der Waals surface area contributed by atoms with Gasteiger partial charge in [-0.25, -0.2) is 0 Å². The Morgan fingerprint density at radius 3 is 2.62 bits per heavy atom. The van der Waals surface area contributed by atoms with Crippen molar-refractivity contribution >= 4 is 29.1 Å². The monoisotopic (exact) mass is 339 g/mol. The maximum absolute atomic E-state index is 12.3. The maximum atomic E-state index is 12.3. The largest absolute Gasteiger partial charge is 0.325 e. The lowest BCUT2D eigenvalue weighted by Gasteiger charge is -2.15. The van der Waals surface area contributed by atoms with Gasteiger partial charge in [-0.15, -0.1) is 5.11 Å². The van der Waals surface area contributed by atoms with Crippen LogP contribution >= 0.6 is 11.6 Å². The molecule has 0 radical (unpaired) electrons. The van der Waals surface area contributed by atoms with Gasteiger partial charge in [0.25, 0.3) is 5.91 Å². The molecule has 1 aliphatic rings. The number of halogens is 1. The molecule has 0 bridgehead atoms. The lowest BCUT2D eigenvalue weighted by molar-refractivity contribution is -0.116. The SMILES string of the molecule is O=C1C=CC(c2ccccc2NC(=O)Cc2ccccc2Cl)N=N1. The Morgan fingerprint density at radius 2 is 1.88 bits per heavy atom. The van der Waals surface area contributed by atoms with Crippen LogP contribution in [0.1, 0.15) is 17.2 Å². The quantitative estimate of drug-likeness (QED) is 0.910. The summed E-state index contributed by atoms with van der Waals surface area (Å²) in [5.41, 5.74) is 2.17. The molecule has 1 heterocycles. The van der Waals surface area contributed by atoms with Crippen molar-refractivity contribution in [2.75, 3.05) is 5.32 Å². The number of nitrogens with zero attached hydrogens (tertiary/aromatic N) is 2. The van der Waals surface area contributed by atoms with Crippen LogP contribution in [0.5, 0.6) is 0 Å². The predicted octanol–water partition coefficient (Wildman–Crippen LogP) is 4.11. The highest BCUT2D eigenvalue weighted by Crippen LogP contribution is 2.29. The number of anilines is 1. The standard InChI is InChI=1S/C18H14ClN3O2/c19-14-7-3-1-5-12(14)11-18(24)20-15-8-4-2-6-13(15)16-9-10-17(23)22-21-16/h1-10,16H,11H2,(H,20,24). The van der Waals surface area contributed by atoms with Crippen molar-refractivity contribution in [2.45, 2.75) is 12.5 Å². The van der Waals surface area contributed by atoms with Gasteiger partial charge in [-0.2, -0.15) is 5.11 Å². The molecule has 6 heteroatoms. The van der Waals surface area contributed by atoms with Crippen molar-refractivity contribution in [1.82, 2.24) is 0 Å². The minimum absolute atomic E-state index is 0.175. The lowest BCUT2D eigenvalue weighted by atomic mass is 10.0. The Labute approximate surface area is 144 Å². The normalized spacial score (nSPS) is 16.2. The van der Waals surface area contributed by atoms with Crippen LogP contribution in [0.15, 0.2) is 70.9 Å². The molecule has 1 N–H and O–H groups in total. The third-order valence-electron chi connectivity index (χ3n) is 3.56. The average molecular weight is 340 g/mol. The van der Waals surface area contributed by atoms with Crippen molar-refractivity contribution in [3.8, 4) is 0 Å². The molecule has 3 rings (SSSR count). The summed E-state index contributed by atoms with van der Waals surface area (Å²) in [6.45, 7) is 0. The summed E-state index contributed by atoms with van der Waals surface area (Å²) in [6.07, 6.45) is 3.21. The molecular weight excluding hydrogens is 326 g/mol. The number of azo groups is 1. The fourth-order valence-corrected chi connectivity index (χ4v) is 2.61. The minimum Gasteiger partial charge on any atom is -0.325 e. The molecule has 2 aromatic carbocycles. The van der Waals surface area contributed by atoms with Crippen LogP contribution in [-0.4, -0.2) is 11.8 Å². The molecule has 5 nitrogen and oxygen atoms in total. The van der Waals surface area contributed by atoms with Crippen LogP contribution in [-0.2, 0) is 16.0 Å². The summed E-state index contributed by atoms with van der Waals surface area (Å²) in [5.74, 6) is -0.560. The molecule has 1 unspecified atom stereocenters. The second-order valence-corrected chi connectivity index (χ2v) is 5.67. The van der Waals surface area contributed by atoms with E-state index in [-0.39, 0.29) is 24.3 Å². The Balaban J connectivity index is 1.77. The van der Waals surface area contributed by atoms with Crippen molar-refractivity contribution in [3.63, 3.8) is 0 Å². The summed E-state index contributed by atoms with van der Waals surface area (Å²) >= 11 is 6.09. The Bertz CT molecular complexity index is 830. The number of hydrogen-bond donors (Lipinski definition) is 1. The van der Waals surface area contributed by atoms with Crippen molar-refractivity contribution in [1.29, 1.82) is 0 Å².